The summed E-state index contributed by atoms with van der Waals surface area (Å²) in [5.74, 6) is 0. The molecule has 0 aliphatic rings. The molecular weight excluding hydrogens is 432 g/mol. The monoisotopic (exact) mass is 460 g/mol. The lowest BCUT2D eigenvalue weighted by atomic mass is 9.95. The summed E-state index contributed by atoms with van der Waals surface area (Å²) in [5.41, 5.74) is 7.44. The van der Waals surface area contributed by atoms with Crippen molar-refractivity contribution in [1.82, 2.24) is 0 Å². The number of aryl methyl sites for hydroxylation is 2. The fourth-order valence-corrected chi connectivity index (χ4v) is 4.87. The first-order chi connectivity index (χ1) is 17.6. The first kappa shape index (κ1) is 22.1. The van der Waals surface area contributed by atoms with Crippen LogP contribution in [0.1, 0.15) is 33.4 Å². The van der Waals surface area contributed by atoms with Crippen molar-refractivity contribution in [2.75, 3.05) is 0 Å². The second-order valence-corrected chi connectivity index (χ2v) is 9.68. The van der Waals surface area contributed by atoms with Crippen LogP contribution in [-0.4, -0.2) is 0 Å². The van der Waals surface area contributed by atoms with Gasteiger partial charge in [-0.1, -0.05) is 132 Å². The highest BCUT2D eigenvalue weighted by Gasteiger charge is 2.06. The normalized spacial score (nSPS) is 11.9. The zero-order chi connectivity index (χ0) is 24.5. The molecule has 0 atom stereocenters. The van der Waals surface area contributed by atoms with Crippen molar-refractivity contribution in [2.24, 2.45) is 0 Å². The summed E-state index contributed by atoms with van der Waals surface area (Å²) in [6.45, 7) is 4.24. The molecule has 6 rings (SSSR count). The van der Waals surface area contributed by atoms with Gasteiger partial charge in [-0.15, -0.1) is 0 Å². The minimum Gasteiger partial charge on any atom is -0.0587 e. The molecule has 0 amide bonds. The van der Waals surface area contributed by atoms with Crippen molar-refractivity contribution < 1.29 is 0 Å². The molecule has 36 heavy (non-hydrogen) atoms. The molecule has 0 spiro atoms. The van der Waals surface area contributed by atoms with Crippen LogP contribution in [0.5, 0.6) is 0 Å². The molecule has 0 aromatic heterocycles. The molecule has 172 valence electrons. The zero-order valence-corrected chi connectivity index (χ0v) is 20.7. The van der Waals surface area contributed by atoms with Gasteiger partial charge < -0.3 is 0 Å². The van der Waals surface area contributed by atoms with E-state index in [1.54, 1.807) is 0 Å². The molecule has 0 saturated heterocycles. The van der Waals surface area contributed by atoms with Crippen LogP contribution < -0.4 is 0 Å². The van der Waals surface area contributed by atoms with Gasteiger partial charge in [-0.25, -0.2) is 0 Å². The fraction of sp³-hybridized carbons (Fsp3) is 0.0556. The summed E-state index contributed by atoms with van der Waals surface area (Å²) in [6, 6.07) is 39.8. The molecule has 0 N–H and O–H groups in total. The van der Waals surface area contributed by atoms with Gasteiger partial charge >= 0.3 is 0 Å². The van der Waals surface area contributed by atoms with E-state index in [4.69, 9.17) is 0 Å². The maximum atomic E-state index is 2.28. The summed E-state index contributed by atoms with van der Waals surface area (Å²) in [6.07, 6.45) is 8.75. The van der Waals surface area contributed by atoms with Gasteiger partial charge in [-0.3, -0.25) is 0 Å². The smallest absolute Gasteiger partial charge is 0.00990 e. The van der Waals surface area contributed by atoms with Crippen LogP contribution in [0.4, 0.5) is 0 Å². The lowest BCUT2D eigenvalue weighted by molar-refractivity contribution is 1.46. The van der Waals surface area contributed by atoms with Crippen LogP contribution in [0, 0.1) is 13.8 Å². The molecule has 0 saturated carbocycles. The summed E-state index contributed by atoms with van der Waals surface area (Å²) >= 11 is 0. The van der Waals surface area contributed by atoms with Gasteiger partial charge in [0.2, 0.25) is 0 Å². The van der Waals surface area contributed by atoms with E-state index in [0.29, 0.717) is 0 Å². The first-order valence-corrected chi connectivity index (χ1v) is 12.5. The predicted molar refractivity (Wildman–Crippen MR) is 159 cm³/mol. The largest absolute Gasteiger partial charge is 0.0587 e. The number of hydrogen-bond donors (Lipinski definition) is 0. The maximum absolute atomic E-state index is 2.28. The zero-order valence-electron chi connectivity index (χ0n) is 20.7. The number of fused-ring (bicyclic) bond motifs is 5. The third-order valence-electron chi connectivity index (χ3n) is 6.97. The van der Waals surface area contributed by atoms with E-state index in [-0.39, 0.29) is 0 Å². The second-order valence-electron chi connectivity index (χ2n) is 9.68. The van der Waals surface area contributed by atoms with Crippen molar-refractivity contribution in [1.29, 1.82) is 0 Å². The van der Waals surface area contributed by atoms with Crippen LogP contribution in [-0.2, 0) is 0 Å². The molecule has 0 heterocycles. The molecular formula is C36H28. The van der Waals surface area contributed by atoms with E-state index < -0.39 is 0 Å². The highest BCUT2D eigenvalue weighted by Crippen LogP contribution is 2.32. The number of benzene rings is 6. The van der Waals surface area contributed by atoms with Gasteiger partial charge in [0, 0.05) is 0 Å². The van der Waals surface area contributed by atoms with Gasteiger partial charge in [0.15, 0.2) is 0 Å². The Morgan fingerprint density at radius 3 is 1.08 bits per heavy atom. The molecule has 0 radical (unpaired) electrons. The Labute approximate surface area is 212 Å². The molecule has 6 aromatic carbocycles. The highest BCUT2D eigenvalue weighted by molar-refractivity contribution is 6.17. The average molecular weight is 461 g/mol. The topological polar surface area (TPSA) is 0 Å². The lowest BCUT2D eigenvalue weighted by Crippen LogP contribution is -1.83. The van der Waals surface area contributed by atoms with E-state index in [2.05, 4.69) is 147 Å². The van der Waals surface area contributed by atoms with E-state index in [1.807, 2.05) is 0 Å². The molecule has 0 aliphatic carbocycles. The first-order valence-electron chi connectivity index (χ1n) is 12.5. The Balaban J connectivity index is 1.33. The van der Waals surface area contributed by atoms with Crippen LogP contribution in [0.2, 0.25) is 0 Å². The molecule has 0 aliphatic heterocycles. The predicted octanol–water partition coefficient (Wildman–Crippen LogP) is 10.1. The Hall–Kier alpha value is -4.42. The lowest BCUT2D eigenvalue weighted by Gasteiger charge is -2.09. The summed E-state index contributed by atoms with van der Waals surface area (Å²) < 4.78 is 0. The van der Waals surface area contributed by atoms with E-state index in [9.17, 15) is 0 Å². The summed E-state index contributed by atoms with van der Waals surface area (Å²) in [5, 5.41) is 7.74. The quantitative estimate of drug-likeness (QED) is 0.181. The van der Waals surface area contributed by atoms with Crippen molar-refractivity contribution in [2.45, 2.75) is 13.8 Å². The van der Waals surface area contributed by atoms with Gasteiger partial charge in [0.1, 0.15) is 0 Å². The number of rotatable bonds is 4. The van der Waals surface area contributed by atoms with Crippen molar-refractivity contribution in [3.05, 3.63) is 143 Å². The standard InChI is InChI=1S/C36H28/c1-25-3-7-27(8-4-25)11-13-29-15-19-33-31(23-29)17-21-36-34-20-16-30(24-32(34)18-22-35(33)36)14-12-28-9-5-26(2)6-10-28/h3-24H,1-2H3/b13-11+,14-12+. The van der Waals surface area contributed by atoms with Crippen LogP contribution in [0.3, 0.4) is 0 Å². The second kappa shape index (κ2) is 9.32. The molecule has 0 fully saturated rings. The third kappa shape index (κ3) is 4.46. The van der Waals surface area contributed by atoms with Crippen molar-refractivity contribution in [3.63, 3.8) is 0 Å². The van der Waals surface area contributed by atoms with Crippen LogP contribution >= 0.6 is 0 Å². The molecule has 0 nitrogen and oxygen atoms in total. The van der Waals surface area contributed by atoms with Crippen molar-refractivity contribution in [3.8, 4) is 0 Å². The maximum Gasteiger partial charge on any atom is -0.00990 e. The Morgan fingerprint density at radius 2 is 0.667 bits per heavy atom. The fourth-order valence-electron chi connectivity index (χ4n) is 4.87. The minimum atomic E-state index is 1.22. The van der Waals surface area contributed by atoms with Gasteiger partial charge in [-0.2, -0.15) is 0 Å². The van der Waals surface area contributed by atoms with Crippen LogP contribution in [0.25, 0.3) is 56.6 Å². The van der Waals surface area contributed by atoms with Gasteiger partial charge in [-0.05, 0) is 80.6 Å². The van der Waals surface area contributed by atoms with E-state index in [0.717, 1.165) is 0 Å². The highest BCUT2D eigenvalue weighted by atomic mass is 14.1. The van der Waals surface area contributed by atoms with E-state index >= 15 is 0 Å². The Kier molecular flexibility index (Phi) is 5.71. The van der Waals surface area contributed by atoms with Gasteiger partial charge in [0.25, 0.3) is 0 Å². The SMILES string of the molecule is Cc1ccc(/C=C/c2ccc3c(ccc4c5ccc(/C=C/c6ccc(C)cc6)cc5ccc34)c2)cc1. The Bertz CT molecular complexity index is 1630. The minimum absolute atomic E-state index is 1.22. The Morgan fingerprint density at radius 1 is 0.333 bits per heavy atom. The summed E-state index contributed by atoms with van der Waals surface area (Å²) in [7, 11) is 0. The molecule has 0 heteroatoms. The molecule has 0 unspecified atom stereocenters. The van der Waals surface area contributed by atoms with E-state index in [1.165, 1.54) is 65.7 Å². The van der Waals surface area contributed by atoms with Crippen molar-refractivity contribution >= 4 is 56.6 Å². The number of hydrogen-bond acceptors (Lipinski definition) is 0. The third-order valence-corrected chi connectivity index (χ3v) is 6.97. The molecule has 6 aromatic rings. The molecule has 0 bridgehead atoms. The van der Waals surface area contributed by atoms with Crippen LogP contribution in [0.15, 0.2) is 109 Å². The average Bonchev–Trinajstić information content (AvgIpc) is 2.91. The summed E-state index contributed by atoms with van der Waals surface area (Å²) in [4.78, 5) is 0. The van der Waals surface area contributed by atoms with Gasteiger partial charge in [0.05, 0.1) is 0 Å².